The molecule has 0 N–H and O–H groups in total. The highest BCUT2D eigenvalue weighted by Crippen LogP contribution is 2.29. The molecule has 2 atom stereocenters. The van der Waals surface area contributed by atoms with Crippen LogP contribution in [0.4, 0.5) is 4.53 Å². The van der Waals surface area contributed by atoms with E-state index in [2.05, 4.69) is 31.8 Å². The molecular weight excluding hydrogens is 327 g/mol. The van der Waals surface area contributed by atoms with E-state index in [1.807, 2.05) is 24.3 Å². The third-order valence-corrected chi connectivity index (χ3v) is 4.56. The zero-order chi connectivity index (χ0) is 17.5. The minimum atomic E-state index is 0.0679. The van der Waals surface area contributed by atoms with E-state index < -0.39 is 0 Å². The van der Waals surface area contributed by atoms with Gasteiger partial charge in [-0.15, -0.1) is 0 Å². The summed E-state index contributed by atoms with van der Waals surface area (Å²) >= 11 is 6.36. The molecule has 2 nitrogen and oxygen atoms in total. The van der Waals surface area contributed by atoms with Crippen molar-refractivity contribution in [2.24, 2.45) is 0 Å². The lowest BCUT2D eigenvalue weighted by molar-refractivity contribution is -0.00715. The summed E-state index contributed by atoms with van der Waals surface area (Å²) in [6, 6.07) is 13.0. The van der Waals surface area contributed by atoms with Crippen molar-refractivity contribution in [3.05, 3.63) is 64.2 Å². The summed E-state index contributed by atoms with van der Waals surface area (Å²) in [5.74, 6) is 0.201. The molecule has 0 heterocycles. The minimum absolute atomic E-state index is 0.0679. The average molecular weight is 351 g/mol. The molecule has 2 rings (SSSR count). The molecule has 0 aromatic heterocycles. The Bertz CT molecular complexity index is 643. The number of benzene rings is 2. The standard InChI is InChI=1S/C20H24ClFO2/c1-4-14(3)23-20(5-2)16-8-11-19(21)17(13-16)12-15-6-9-18(24-22)10-7-15/h6-11,13-14,20H,4-5,12H2,1-3H3/t14?,20-/m1/s1. The molecule has 0 spiro atoms. The first-order valence-electron chi connectivity index (χ1n) is 8.38. The van der Waals surface area contributed by atoms with E-state index >= 15 is 0 Å². The van der Waals surface area contributed by atoms with Crippen molar-refractivity contribution in [3.8, 4) is 5.75 Å². The van der Waals surface area contributed by atoms with Crippen LogP contribution in [0, 0.1) is 0 Å². The zero-order valence-electron chi connectivity index (χ0n) is 14.4. The van der Waals surface area contributed by atoms with Crippen LogP contribution in [0.3, 0.4) is 0 Å². The van der Waals surface area contributed by atoms with Gasteiger partial charge in [-0.3, -0.25) is 4.94 Å². The van der Waals surface area contributed by atoms with Crippen LogP contribution >= 0.6 is 11.6 Å². The second kappa shape index (κ2) is 9.05. The number of halogens is 2. The van der Waals surface area contributed by atoms with Crippen LogP contribution in [0.5, 0.6) is 5.75 Å². The van der Waals surface area contributed by atoms with Crippen molar-refractivity contribution in [1.29, 1.82) is 0 Å². The fourth-order valence-electron chi connectivity index (χ4n) is 2.60. The summed E-state index contributed by atoms with van der Waals surface area (Å²) in [7, 11) is 0. The first-order valence-corrected chi connectivity index (χ1v) is 8.76. The first kappa shape index (κ1) is 18.8. The van der Waals surface area contributed by atoms with Gasteiger partial charge in [0.05, 0.1) is 12.2 Å². The van der Waals surface area contributed by atoms with E-state index in [0.717, 1.165) is 34.6 Å². The number of ether oxygens (including phenoxy) is 1. The highest BCUT2D eigenvalue weighted by Gasteiger charge is 2.15. The fourth-order valence-corrected chi connectivity index (χ4v) is 2.78. The smallest absolute Gasteiger partial charge is 0.171 e. The maximum Gasteiger partial charge on any atom is 0.171 e. The highest BCUT2D eigenvalue weighted by atomic mass is 35.5. The summed E-state index contributed by atoms with van der Waals surface area (Å²) in [5, 5.41) is 0.725. The van der Waals surface area contributed by atoms with Gasteiger partial charge in [0.1, 0.15) is 0 Å². The largest absolute Gasteiger partial charge is 0.371 e. The molecule has 0 amide bonds. The molecule has 0 saturated heterocycles. The Morgan fingerprint density at radius 1 is 1.04 bits per heavy atom. The van der Waals surface area contributed by atoms with E-state index in [1.54, 1.807) is 12.1 Å². The third-order valence-electron chi connectivity index (χ3n) is 4.19. The van der Waals surface area contributed by atoms with Gasteiger partial charge in [0, 0.05) is 9.55 Å². The van der Waals surface area contributed by atoms with Crippen molar-refractivity contribution < 1.29 is 14.2 Å². The molecular formula is C20H24ClFO2. The Hall–Kier alpha value is -1.58. The minimum Gasteiger partial charge on any atom is -0.371 e. The van der Waals surface area contributed by atoms with Crippen LogP contribution in [0.2, 0.25) is 5.02 Å². The van der Waals surface area contributed by atoms with Crippen LogP contribution in [0.1, 0.15) is 56.4 Å². The first-order chi connectivity index (χ1) is 11.6. The molecule has 0 bridgehead atoms. The molecule has 0 radical (unpaired) electrons. The molecule has 0 saturated carbocycles. The molecule has 24 heavy (non-hydrogen) atoms. The van der Waals surface area contributed by atoms with Crippen molar-refractivity contribution >= 4 is 11.6 Å². The van der Waals surface area contributed by atoms with Crippen LogP contribution in [0.15, 0.2) is 42.5 Å². The monoisotopic (exact) mass is 350 g/mol. The Morgan fingerprint density at radius 3 is 2.33 bits per heavy atom. The SMILES string of the molecule is CCC(C)O[C@H](CC)c1ccc(Cl)c(Cc2ccc(OF)cc2)c1. The van der Waals surface area contributed by atoms with Crippen LogP contribution in [0.25, 0.3) is 0 Å². The Morgan fingerprint density at radius 2 is 1.75 bits per heavy atom. The molecule has 0 fully saturated rings. The number of hydrogen-bond donors (Lipinski definition) is 0. The van der Waals surface area contributed by atoms with Gasteiger partial charge in [0.25, 0.3) is 0 Å². The molecule has 0 aliphatic heterocycles. The van der Waals surface area contributed by atoms with Gasteiger partial charge in [0.15, 0.2) is 5.75 Å². The van der Waals surface area contributed by atoms with E-state index in [-0.39, 0.29) is 18.0 Å². The van der Waals surface area contributed by atoms with Gasteiger partial charge in [0.2, 0.25) is 0 Å². The van der Waals surface area contributed by atoms with Crippen molar-refractivity contribution in [1.82, 2.24) is 0 Å². The number of rotatable bonds is 8. The van der Waals surface area contributed by atoms with Gasteiger partial charge in [-0.25, -0.2) is 0 Å². The van der Waals surface area contributed by atoms with E-state index in [9.17, 15) is 4.53 Å². The van der Waals surface area contributed by atoms with Gasteiger partial charge in [-0.1, -0.05) is 49.7 Å². The predicted molar refractivity (Wildman–Crippen MR) is 96.3 cm³/mol. The molecule has 1 unspecified atom stereocenters. The predicted octanol–water partition coefficient (Wildman–Crippen LogP) is 6.46. The fraction of sp³-hybridized carbons (Fsp3) is 0.400. The van der Waals surface area contributed by atoms with Crippen LogP contribution < -0.4 is 4.94 Å². The van der Waals surface area contributed by atoms with Crippen molar-refractivity contribution in [2.45, 2.75) is 52.2 Å². The highest BCUT2D eigenvalue weighted by molar-refractivity contribution is 6.31. The summed E-state index contributed by atoms with van der Waals surface area (Å²) in [5.41, 5.74) is 3.22. The average Bonchev–Trinajstić information content (AvgIpc) is 2.62. The lowest BCUT2D eigenvalue weighted by Crippen LogP contribution is -2.12. The molecule has 130 valence electrons. The normalized spacial score (nSPS) is 13.5. The third kappa shape index (κ3) is 4.96. The summed E-state index contributed by atoms with van der Waals surface area (Å²) in [4.78, 5) is 3.71. The second-order valence-electron chi connectivity index (χ2n) is 6.00. The topological polar surface area (TPSA) is 18.5 Å². The maximum absolute atomic E-state index is 12.1. The van der Waals surface area contributed by atoms with Crippen LogP contribution in [-0.4, -0.2) is 6.10 Å². The van der Waals surface area contributed by atoms with Crippen molar-refractivity contribution in [2.75, 3.05) is 0 Å². The van der Waals surface area contributed by atoms with Gasteiger partial charge in [-0.05, 0) is 61.1 Å². The van der Waals surface area contributed by atoms with Gasteiger partial charge in [-0.2, -0.15) is 0 Å². The second-order valence-corrected chi connectivity index (χ2v) is 6.41. The zero-order valence-corrected chi connectivity index (χ0v) is 15.1. The Kier molecular flexibility index (Phi) is 7.07. The lowest BCUT2D eigenvalue weighted by atomic mass is 9.99. The lowest BCUT2D eigenvalue weighted by Gasteiger charge is -2.22. The Labute approximate surface area is 148 Å². The Balaban J connectivity index is 2.20. The summed E-state index contributed by atoms with van der Waals surface area (Å²) in [6.45, 7) is 6.33. The molecule has 2 aromatic rings. The molecule has 0 aliphatic carbocycles. The van der Waals surface area contributed by atoms with Crippen molar-refractivity contribution in [3.63, 3.8) is 0 Å². The maximum atomic E-state index is 12.1. The molecule has 2 aromatic carbocycles. The van der Waals surface area contributed by atoms with E-state index in [1.165, 1.54) is 0 Å². The molecule has 0 aliphatic rings. The number of hydrogen-bond acceptors (Lipinski definition) is 2. The van der Waals surface area contributed by atoms with Gasteiger partial charge >= 0.3 is 0 Å². The van der Waals surface area contributed by atoms with Gasteiger partial charge < -0.3 is 4.74 Å². The van der Waals surface area contributed by atoms with E-state index in [4.69, 9.17) is 16.3 Å². The summed E-state index contributed by atoms with van der Waals surface area (Å²) in [6.07, 6.45) is 2.87. The molecule has 4 heteroatoms. The summed E-state index contributed by atoms with van der Waals surface area (Å²) < 4.78 is 18.2. The van der Waals surface area contributed by atoms with E-state index in [0.29, 0.717) is 6.42 Å². The quantitative estimate of drug-likeness (QED) is 0.543. The van der Waals surface area contributed by atoms with Crippen LogP contribution in [-0.2, 0) is 11.2 Å².